The lowest BCUT2D eigenvalue weighted by Crippen LogP contribution is -2.11. The molecule has 0 aliphatic rings. The Bertz CT molecular complexity index is 469. The second-order valence-corrected chi connectivity index (χ2v) is 5.52. The molecule has 1 rings (SSSR count). The molecule has 5 heteroatoms. The molecule has 0 saturated heterocycles. The summed E-state index contributed by atoms with van der Waals surface area (Å²) in [5, 5.41) is 9.25. The van der Waals surface area contributed by atoms with E-state index in [9.17, 15) is 4.79 Å². The summed E-state index contributed by atoms with van der Waals surface area (Å²) in [7, 11) is 0. The third kappa shape index (κ3) is 5.29. The van der Waals surface area contributed by atoms with Crippen LogP contribution in [0.25, 0.3) is 0 Å². The van der Waals surface area contributed by atoms with Crippen LogP contribution >= 0.6 is 11.6 Å². The molecular formula is C15H21ClO4. The molecule has 0 heterocycles. The van der Waals surface area contributed by atoms with E-state index >= 15 is 0 Å². The van der Waals surface area contributed by atoms with Crippen molar-refractivity contribution in [2.45, 2.75) is 52.7 Å². The largest absolute Gasteiger partial charge is 0.487 e. The SMILES string of the molecule is CC(C)Oc1cc(Cl)c(CCC(=O)O)cc1OC(C)C. The highest BCUT2D eigenvalue weighted by Gasteiger charge is 2.14. The molecule has 0 amide bonds. The third-order valence-electron chi connectivity index (χ3n) is 2.45. The van der Waals surface area contributed by atoms with Gasteiger partial charge in [-0.3, -0.25) is 4.79 Å². The molecule has 1 aromatic carbocycles. The second-order valence-electron chi connectivity index (χ2n) is 5.12. The van der Waals surface area contributed by atoms with Gasteiger partial charge in [0.05, 0.1) is 12.2 Å². The fourth-order valence-corrected chi connectivity index (χ4v) is 1.95. The fourth-order valence-electron chi connectivity index (χ4n) is 1.70. The van der Waals surface area contributed by atoms with Crippen LogP contribution in [0.2, 0.25) is 5.02 Å². The number of benzene rings is 1. The number of carboxylic acid groups (broad SMARTS) is 1. The molecule has 20 heavy (non-hydrogen) atoms. The summed E-state index contributed by atoms with van der Waals surface area (Å²) in [6.45, 7) is 7.69. The summed E-state index contributed by atoms with van der Waals surface area (Å²) in [6.07, 6.45) is 0.402. The van der Waals surface area contributed by atoms with Crippen molar-refractivity contribution >= 4 is 17.6 Å². The number of ether oxygens (including phenoxy) is 2. The van der Waals surface area contributed by atoms with Gasteiger partial charge in [-0.05, 0) is 45.7 Å². The Morgan fingerprint density at radius 3 is 2.10 bits per heavy atom. The van der Waals surface area contributed by atoms with Crippen LogP contribution in [-0.2, 0) is 11.2 Å². The lowest BCUT2D eigenvalue weighted by atomic mass is 10.1. The lowest BCUT2D eigenvalue weighted by Gasteiger charge is -2.18. The number of carbonyl (C=O) groups is 1. The van der Waals surface area contributed by atoms with E-state index < -0.39 is 5.97 Å². The maximum atomic E-state index is 10.7. The zero-order chi connectivity index (χ0) is 15.3. The summed E-state index contributed by atoms with van der Waals surface area (Å²) >= 11 is 6.18. The molecule has 1 aromatic rings. The van der Waals surface area contributed by atoms with Gasteiger partial charge in [0.25, 0.3) is 0 Å². The molecule has 0 saturated carbocycles. The van der Waals surface area contributed by atoms with Crippen molar-refractivity contribution in [2.75, 3.05) is 0 Å². The highest BCUT2D eigenvalue weighted by molar-refractivity contribution is 6.31. The highest BCUT2D eigenvalue weighted by Crippen LogP contribution is 2.35. The van der Waals surface area contributed by atoms with Crippen LogP contribution in [0.3, 0.4) is 0 Å². The first-order chi connectivity index (χ1) is 9.29. The van der Waals surface area contributed by atoms with Crippen molar-refractivity contribution in [3.63, 3.8) is 0 Å². The van der Waals surface area contributed by atoms with Crippen LogP contribution in [0.1, 0.15) is 39.7 Å². The Morgan fingerprint density at radius 1 is 1.15 bits per heavy atom. The first-order valence-corrected chi connectivity index (χ1v) is 7.05. The lowest BCUT2D eigenvalue weighted by molar-refractivity contribution is -0.136. The molecule has 0 unspecified atom stereocenters. The van der Waals surface area contributed by atoms with Crippen molar-refractivity contribution < 1.29 is 19.4 Å². The standard InChI is InChI=1S/C15H21ClO4/c1-9(2)19-13-7-11(5-6-15(17)18)12(16)8-14(13)20-10(3)4/h7-10H,5-6H2,1-4H3,(H,17,18). The molecule has 1 N–H and O–H groups in total. The number of halogens is 1. The molecule has 0 radical (unpaired) electrons. The zero-order valence-electron chi connectivity index (χ0n) is 12.3. The fraction of sp³-hybridized carbons (Fsp3) is 0.533. The van der Waals surface area contributed by atoms with E-state index in [0.717, 1.165) is 5.56 Å². The minimum atomic E-state index is -0.852. The smallest absolute Gasteiger partial charge is 0.303 e. The van der Waals surface area contributed by atoms with Gasteiger partial charge in [0.15, 0.2) is 11.5 Å². The van der Waals surface area contributed by atoms with Crippen LogP contribution in [0.5, 0.6) is 11.5 Å². The molecule has 0 aliphatic carbocycles. The van der Waals surface area contributed by atoms with Gasteiger partial charge in [-0.25, -0.2) is 0 Å². The molecule has 0 bridgehead atoms. The molecular weight excluding hydrogens is 280 g/mol. The Labute approximate surface area is 124 Å². The Morgan fingerprint density at radius 2 is 1.65 bits per heavy atom. The van der Waals surface area contributed by atoms with Crippen LogP contribution in [-0.4, -0.2) is 23.3 Å². The van der Waals surface area contributed by atoms with Crippen LogP contribution in [0, 0.1) is 0 Å². The Balaban J connectivity index is 3.06. The molecule has 112 valence electrons. The number of aliphatic carboxylic acids is 1. The van der Waals surface area contributed by atoms with E-state index in [-0.39, 0.29) is 18.6 Å². The summed E-state index contributed by atoms with van der Waals surface area (Å²) < 4.78 is 11.4. The van der Waals surface area contributed by atoms with E-state index in [1.807, 2.05) is 27.7 Å². The summed E-state index contributed by atoms with van der Waals surface area (Å²) in [4.78, 5) is 10.7. The maximum Gasteiger partial charge on any atom is 0.303 e. The second kappa shape index (κ2) is 7.39. The maximum absolute atomic E-state index is 10.7. The number of hydrogen-bond donors (Lipinski definition) is 1. The number of aryl methyl sites for hydroxylation is 1. The third-order valence-corrected chi connectivity index (χ3v) is 2.80. The van der Waals surface area contributed by atoms with Crippen molar-refractivity contribution in [1.29, 1.82) is 0 Å². The normalized spacial score (nSPS) is 10.9. The minimum absolute atomic E-state index is 0.00184. The van der Waals surface area contributed by atoms with Gasteiger partial charge in [0, 0.05) is 17.5 Å². The predicted molar refractivity (Wildman–Crippen MR) is 78.9 cm³/mol. The molecule has 0 aliphatic heterocycles. The van der Waals surface area contributed by atoms with Crippen LogP contribution in [0.15, 0.2) is 12.1 Å². The number of rotatable bonds is 7. The quantitative estimate of drug-likeness (QED) is 0.829. The van der Waals surface area contributed by atoms with E-state index in [1.54, 1.807) is 12.1 Å². The number of hydrogen-bond acceptors (Lipinski definition) is 3. The van der Waals surface area contributed by atoms with Gasteiger partial charge in [-0.2, -0.15) is 0 Å². The molecule has 4 nitrogen and oxygen atoms in total. The van der Waals surface area contributed by atoms with Crippen molar-refractivity contribution in [1.82, 2.24) is 0 Å². The summed E-state index contributed by atoms with van der Waals surface area (Å²) in [6, 6.07) is 3.46. The van der Waals surface area contributed by atoms with Gasteiger partial charge in [-0.1, -0.05) is 11.6 Å². The molecule has 0 spiro atoms. The van der Waals surface area contributed by atoms with E-state index in [1.165, 1.54) is 0 Å². The van der Waals surface area contributed by atoms with Gasteiger partial charge in [0.2, 0.25) is 0 Å². The van der Waals surface area contributed by atoms with Gasteiger partial charge in [-0.15, -0.1) is 0 Å². The van der Waals surface area contributed by atoms with Crippen molar-refractivity contribution in [3.05, 3.63) is 22.7 Å². The van der Waals surface area contributed by atoms with Crippen molar-refractivity contribution in [3.8, 4) is 11.5 Å². The topological polar surface area (TPSA) is 55.8 Å². The Kier molecular flexibility index (Phi) is 6.14. The number of carboxylic acids is 1. The highest BCUT2D eigenvalue weighted by atomic mass is 35.5. The zero-order valence-corrected chi connectivity index (χ0v) is 13.0. The average Bonchev–Trinajstić information content (AvgIpc) is 2.29. The van der Waals surface area contributed by atoms with Gasteiger partial charge in [0.1, 0.15) is 0 Å². The molecule has 0 atom stereocenters. The Hall–Kier alpha value is -1.42. The summed E-state index contributed by atoms with van der Waals surface area (Å²) in [5.41, 5.74) is 0.751. The van der Waals surface area contributed by atoms with E-state index in [0.29, 0.717) is 22.9 Å². The molecule has 0 aromatic heterocycles. The predicted octanol–water partition coefficient (Wildman–Crippen LogP) is 3.93. The van der Waals surface area contributed by atoms with Crippen molar-refractivity contribution in [2.24, 2.45) is 0 Å². The first kappa shape index (κ1) is 16.6. The van der Waals surface area contributed by atoms with E-state index in [4.69, 9.17) is 26.2 Å². The van der Waals surface area contributed by atoms with Gasteiger partial charge >= 0.3 is 5.97 Å². The molecule has 0 fully saturated rings. The van der Waals surface area contributed by atoms with E-state index in [2.05, 4.69) is 0 Å². The van der Waals surface area contributed by atoms with Crippen LogP contribution in [0.4, 0.5) is 0 Å². The monoisotopic (exact) mass is 300 g/mol. The first-order valence-electron chi connectivity index (χ1n) is 6.67. The van der Waals surface area contributed by atoms with Crippen LogP contribution < -0.4 is 9.47 Å². The van der Waals surface area contributed by atoms with Gasteiger partial charge < -0.3 is 14.6 Å². The minimum Gasteiger partial charge on any atom is -0.487 e. The average molecular weight is 301 g/mol. The summed E-state index contributed by atoms with van der Waals surface area (Å²) in [5.74, 6) is 0.325.